The molecule has 0 spiro atoms. The third-order valence-electron chi connectivity index (χ3n) is 3.36. The highest BCUT2D eigenvalue weighted by atomic mass is 19.2. The molecule has 1 aliphatic rings. The predicted octanol–water partition coefficient (Wildman–Crippen LogP) is 3.45. The number of rotatable bonds is 2. The summed E-state index contributed by atoms with van der Waals surface area (Å²) in [5, 5.41) is 9.75. The molecule has 2 rings (SSSR count). The van der Waals surface area contributed by atoms with Crippen molar-refractivity contribution in [3.63, 3.8) is 0 Å². The van der Waals surface area contributed by atoms with E-state index in [0.717, 1.165) is 12.8 Å². The van der Waals surface area contributed by atoms with E-state index in [4.69, 9.17) is 4.74 Å². The van der Waals surface area contributed by atoms with Crippen LogP contribution in [0.2, 0.25) is 0 Å². The van der Waals surface area contributed by atoms with Gasteiger partial charge in [-0.05, 0) is 19.3 Å². The summed E-state index contributed by atoms with van der Waals surface area (Å²) in [6, 6.07) is 0. The van der Waals surface area contributed by atoms with Crippen molar-refractivity contribution >= 4 is 0 Å². The van der Waals surface area contributed by atoms with E-state index in [0.29, 0.717) is 19.3 Å². The summed E-state index contributed by atoms with van der Waals surface area (Å²) in [6.07, 6.45) is 0.863. The summed E-state index contributed by atoms with van der Waals surface area (Å²) in [5.74, 6) is -11.7. The van der Waals surface area contributed by atoms with Crippen molar-refractivity contribution in [3.8, 4) is 5.75 Å². The lowest BCUT2D eigenvalue weighted by Crippen LogP contribution is -2.31. The second kappa shape index (κ2) is 5.95. The molecule has 0 saturated heterocycles. The van der Waals surface area contributed by atoms with E-state index in [1.165, 1.54) is 0 Å². The lowest BCUT2D eigenvalue weighted by atomic mass is 10.1. The maximum atomic E-state index is 13.5. The molecule has 0 aliphatic heterocycles. The predicted molar refractivity (Wildman–Crippen MR) is 59.7 cm³/mol. The third-order valence-corrected chi connectivity index (χ3v) is 3.36. The lowest BCUT2D eigenvalue weighted by molar-refractivity contribution is 0.0262. The van der Waals surface area contributed by atoms with Crippen LogP contribution in [0.4, 0.5) is 22.0 Å². The molecule has 1 N–H and O–H groups in total. The molecule has 0 bridgehead atoms. The van der Waals surface area contributed by atoms with Gasteiger partial charge < -0.3 is 9.84 Å². The van der Waals surface area contributed by atoms with Gasteiger partial charge in [-0.15, -0.1) is 0 Å². The fourth-order valence-electron chi connectivity index (χ4n) is 2.23. The Morgan fingerprint density at radius 2 is 1.25 bits per heavy atom. The Labute approximate surface area is 112 Å². The van der Waals surface area contributed by atoms with Gasteiger partial charge in [0.2, 0.25) is 29.1 Å². The highest BCUT2D eigenvalue weighted by Crippen LogP contribution is 2.32. The molecule has 2 atom stereocenters. The quantitative estimate of drug-likeness (QED) is 0.392. The van der Waals surface area contributed by atoms with Crippen LogP contribution >= 0.6 is 0 Å². The second-order valence-corrected chi connectivity index (χ2v) is 4.76. The zero-order valence-corrected chi connectivity index (χ0v) is 10.4. The van der Waals surface area contributed by atoms with Gasteiger partial charge in [0.1, 0.15) is 6.10 Å². The maximum absolute atomic E-state index is 13.5. The Kier molecular flexibility index (Phi) is 4.47. The monoisotopic (exact) mass is 296 g/mol. The van der Waals surface area contributed by atoms with Crippen molar-refractivity contribution in [3.05, 3.63) is 29.1 Å². The summed E-state index contributed by atoms with van der Waals surface area (Å²) < 4.78 is 70.7. The molecule has 2 unspecified atom stereocenters. The van der Waals surface area contributed by atoms with Crippen LogP contribution in [0.1, 0.15) is 32.1 Å². The van der Waals surface area contributed by atoms with Crippen molar-refractivity contribution in [2.24, 2.45) is 0 Å². The van der Waals surface area contributed by atoms with E-state index < -0.39 is 47.0 Å². The van der Waals surface area contributed by atoms with Gasteiger partial charge in [0.25, 0.3) is 0 Å². The first-order valence-electron chi connectivity index (χ1n) is 6.29. The van der Waals surface area contributed by atoms with Crippen molar-refractivity contribution in [2.75, 3.05) is 0 Å². The first-order valence-corrected chi connectivity index (χ1v) is 6.29. The summed E-state index contributed by atoms with van der Waals surface area (Å²) in [6.45, 7) is 0. The molecule has 0 aromatic heterocycles. The average molecular weight is 296 g/mol. The fourth-order valence-corrected chi connectivity index (χ4v) is 2.23. The van der Waals surface area contributed by atoms with Crippen molar-refractivity contribution in [1.82, 2.24) is 0 Å². The Hall–Kier alpha value is -1.37. The number of aliphatic hydroxyl groups is 1. The highest BCUT2D eigenvalue weighted by molar-refractivity contribution is 5.30. The molecule has 2 nitrogen and oxygen atoms in total. The van der Waals surface area contributed by atoms with E-state index in [1.54, 1.807) is 0 Å². The molecule has 1 fully saturated rings. The van der Waals surface area contributed by atoms with E-state index >= 15 is 0 Å². The molecular formula is C13H13F5O2. The summed E-state index contributed by atoms with van der Waals surface area (Å²) in [5.41, 5.74) is 0. The molecule has 112 valence electrons. The number of hydrogen-bond donors (Lipinski definition) is 1. The summed E-state index contributed by atoms with van der Waals surface area (Å²) in [4.78, 5) is 0. The van der Waals surface area contributed by atoms with Crippen molar-refractivity contribution < 1.29 is 31.8 Å². The van der Waals surface area contributed by atoms with Gasteiger partial charge >= 0.3 is 0 Å². The minimum Gasteiger partial charge on any atom is -0.481 e. The molecule has 0 amide bonds. The third kappa shape index (κ3) is 2.72. The minimum atomic E-state index is -2.23. The van der Waals surface area contributed by atoms with Gasteiger partial charge in [0.15, 0.2) is 5.75 Å². The number of aliphatic hydroxyl groups excluding tert-OH is 1. The van der Waals surface area contributed by atoms with E-state index in [2.05, 4.69) is 0 Å². The van der Waals surface area contributed by atoms with E-state index in [9.17, 15) is 27.1 Å². The average Bonchev–Trinajstić information content (AvgIpc) is 2.64. The first kappa shape index (κ1) is 15.0. The molecule has 1 aliphatic carbocycles. The van der Waals surface area contributed by atoms with Crippen LogP contribution in [-0.4, -0.2) is 17.3 Å². The van der Waals surface area contributed by atoms with Crippen LogP contribution in [0, 0.1) is 29.1 Å². The molecule has 7 heteroatoms. The largest absolute Gasteiger partial charge is 0.481 e. The summed E-state index contributed by atoms with van der Waals surface area (Å²) >= 11 is 0. The topological polar surface area (TPSA) is 29.5 Å². The smallest absolute Gasteiger partial charge is 0.207 e. The van der Waals surface area contributed by atoms with E-state index in [1.807, 2.05) is 0 Å². The fraction of sp³-hybridized carbons (Fsp3) is 0.538. The van der Waals surface area contributed by atoms with E-state index in [-0.39, 0.29) is 0 Å². The zero-order valence-electron chi connectivity index (χ0n) is 10.4. The number of ether oxygens (including phenoxy) is 1. The Morgan fingerprint density at radius 1 is 0.750 bits per heavy atom. The molecule has 1 aromatic rings. The van der Waals surface area contributed by atoms with Crippen molar-refractivity contribution in [1.29, 1.82) is 0 Å². The number of hydrogen-bond acceptors (Lipinski definition) is 2. The standard InChI is InChI=1S/C13H13F5O2/c14-8-9(15)11(17)13(12(18)10(8)16)20-7-5-3-1-2-4-6(7)19/h6-7,19H,1-5H2. The first-order chi connectivity index (χ1) is 9.43. The number of benzene rings is 1. The molecular weight excluding hydrogens is 283 g/mol. The van der Waals surface area contributed by atoms with Crippen LogP contribution in [-0.2, 0) is 0 Å². The van der Waals surface area contributed by atoms with Crippen LogP contribution < -0.4 is 4.74 Å². The molecule has 0 radical (unpaired) electrons. The normalized spacial score (nSPS) is 23.5. The van der Waals surface area contributed by atoms with Gasteiger partial charge in [-0.2, -0.15) is 8.78 Å². The molecule has 1 saturated carbocycles. The van der Waals surface area contributed by atoms with Crippen LogP contribution in [0.25, 0.3) is 0 Å². The van der Waals surface area contributed by atoms with Crippen LogP contribution in [0.5, 0.6) is 5.75 Å². The summed E-state index contributed by atoms with van der Waals surface area (Å²) in [7, 11) is 0. The molecule has 0 heterocycles. The second-order valence-electron chi connectivity index (χ2n) is 4.76. The highest BCUT2D eigenvalue weighted by Gasteiger charge is 2.31. The van der Waals surface area contributed by atoms with Gasteiger partial charge in [-0.25, -0.2) is 13.2 Å². The Bertz CT molecular complexity index is 477. The lowest BCUT2D eigenvalue weighted by Gasteiger charge is -2.22. The maximum Gasteiger partial charge on any atom is 0.207 e. The zero-order chi connectivity index (χ0) is 14.9. The number of halogens is 5. The van der Waals surface area contributed by atoms with Gasteiger partial charge in [0, 0.05) is 0 Å². The van der Waals surface area contributed by atoms with Crippen molar-refractivity contribution in [2.45, 2.75) is 44.3 Å². The SMILES string of the molecule is OC1CCCCCC1Oc1c(F)c(F)c(F)c(F)c1F. The molecule has 20 heavy (non-hydrogen) atoms. The van der Waals surface area contributed by atoms with Crippen LogP contribution in [0.15, 0.2) is 0 Å². The van der Waals surface area contributed by atoms with Crippen LogP contribution in [0.3, 0.4) is 0 Å². The minimum absolute atomic E-state index is 0.292. The van der Waals surface area contributed by atoms with Gasteiger partial charge in [0.05, 0.1) is 6.10 Å². The Balaban J connectivity index is 2.33. The molecule has 1 aromatic carbocycles. The van der Waals surface area contributed by atoms with Gasteiger partial charge in [-0.1, -0.05) is 12.8 Å². The Morgan fingerprint density at radius 3 is 1.85 bits per heavy atom. The van der Waals surface area contributed by atoms with Gasteiger partial charge in [-0.3, -0.25) is 0 Å².